The van der Waals surface area contributed by atoms with E-state index >= 15 is 0 Å². The number of halogens is 2. The number of hydrogen-bond acceptors (Lipinski definition) is 2. The quantitative estimate of drug-likeness (QED) is 0.835. The Kier molecular flexibility index (Phi) is 4.22. The summed E-state index contributed by atoms with van der Waals surface area (Å²) in [4.78, 5) is 23.9. The van der Waals surface area contributed by atoms with Crippen LogP contribution in [-0.2, 0) is 9.59 Å². The molecule has 0 bridgehead atoms. The van der Waals surface area contributed by atoms with Crippen molar-refractivity contribution in [1.29, 1.82) is 0 Å². The second kappa shape index (κ2) is 5.50. The highest BCUT2D eigenvalue weighted by molar-refractivity contribution is 6.53. The van der Waals surface area contributed by atoms with Crippen molar-refractivity contribution in [2.24, 2.45) is 5.41 Å². The van der Waals surface area contributed by atoms with Gasteiger partial charge in [0, 0.05) is 5.69 Å². The summed E-state index contributed by atoms with van der Waals surface area (Å²) in [6.07, 6.45) is 0.396. The van der Waals surface area contributed by atoms with Crippen LogP contribution in [0.15, 0.2) is 18.2 Å². The Bertz CT molecular complexity index is 581. The number of amides is 2. The van der Waals surface area contributed by atoms with Gasteiger partial charge in [0.05, 0.1) is 12.0 Å². The van der Waals surface area contributed by atoms with E-state index in [-0.39, 0.29) is 18.4 Å². The molecular formula is C15H18Cl2N2O2. The highest BCUT2D eigenvalue weighted by Gasteiger charge is 2.67. The zero-order valence-electron chi connectivity index (χ0n) is 12.2. The Hall–Kier alpha value is -1.26. The summed E-state index contributed by atoms with van der Waals surface area (Å²) in [7, 11) is 0. The van der Waals surface area contributed by atoms with Crippen LogP contribution in [0.25, 0.3) is 0 Å². The third-order valence-corrected chi connectivity index (χ3v) is 5.02. The number of para-hydroxylation sites is 1. The topological polar surface area (TPSA) is 58.2 Å². The van der Waals surface area contributed by atoms with Gasteiger partial charge >= 0.3 is 0 Å². The van der Waals surface area contributed by atoms with Crippen molar-refractivity contribution in [3.8, 4) is 0 Å². The van der Waals surface area contributed by atoms with Crippen LogP contribution < -0.4 is 10.6 Å². The van der Waals surface area contributed by atoms with Gasteiger partial charge in [0.1, 0.15) is 4.33 Å². The summed E-state index contributed by atoms with van der Waals surface area (Å²) >= 11 is 11.9. The minimum absolute atomic E-state index is 0.105. The molecule has 0 aromatic heterocycles. The van der Waals surface area contributed by atoms with Gasteiger partial charge in [0.25, 0.3) is 0 Å². The van der Waals surface area contributed by atoms with Crippen molar-refractivity contribution >= 4 is 40.7 Å². The monoisotopic (exact) mass is 328 g/mol. The molecule has 0 heterocycles. The van der Waals surface area contributed by atoms with Crippen LogP contribution in [0.3, 0.4) is 0 Å². The molecule has 114 valence electrons. The molecule has 1 aliphatic rings. The molecule has 0 spiro atoms. The Morgan fingerprint density at radius 2 is 1.76 bits per heavy atom. The minimum atomic E-state index is -1.03. The maximum atomic E-state index is 12.0. The highest BCUT2D eigenvalue weighted by Crippen LogP contribution is 2.63. The number of aryl methyl sites for hydroxylation is 2. The largest absolute Gasteiger partial charge is 0.346 e. The molecule has 1 aromatic carbocycles. The van der Waals surface area contributed by atoms with Crippen LogP contribution in [0.1, 0.15) is 24.5 Å². The van der Waals surface area contributed by atoms with E-state index in [0.29, 0.717) is 6.42 Å². The SMILES string of the molecule is Cc1cccc(C)c1NC(=O)CNC(=O)[C@]1(C)CC1(Cl)Cl. The molecule has 21 heavy (non-hydrogen) atoms. The van der Waals surface area contributed by atoms with Crippen molar-refractivity contribution in [1.82, 2.24) is 5.32 Å². The van der Waals surface area contributed by atoms with E-state index < -0.39 is 9.75 Å². The van der Waals surface area contributed by atoms with E-state index in [1.165, 1.54) is 0 Å². The highest BCUT2D eigenvalue weighted by atomic mass is 35.5. The zero-order valence-corrected chi connectivity index (χ0v) is 13.7. The van der Waals surface area contributed by atoms with Gasteiger partial charge in [0.15, 0.2) is 0 Å². The average molecular weight is 329 g/mol. The second-order valence-corrected chi connectivity index (χ2v) is 7.19. The lowest BCUT2D eigenvalue weighted by atomic mass is 10.1. The Balaban J connectivity index is 1.90. The van der Waals surface area contributed by atoms with Crippen molar-refractivity contribution in [2.75, 3.05) is 11.9 Å². The Morgan fingerprint density at radius 1 is 1.24 bits per heavy atom. The van der Waals surface area contributed by atoms with Crippen molar-refractivity contribution in [3.05, 3.63) is 29.3 Å². The van der Waals surface area contributed by atoms with Crippen LogP contribution >= 0.6 is 23.2 Å². The number of nitrogens with one attached hydrogen (secondary N) is 2. The number of alkyl halides is 2. The molecule has 4 nitrogen and oxygen atoms in total. The summed E-state index contributed by atoms with van der Waals surface area (Å²) in [6.45, 7) is 5.42. The molecule has 0 unspecified atom stereocenters. The van der Waals surface area contributed by atoms with E-state index in [4.69, 9.17) is 23.2 Å². The molecular weight excluding hydrogens is 311 g/mol. The molecule has 1 aromatic rings. The second-order valence-electron chi connectivity index (χ2n) is 5.71. The van der Waals surface area contributed by atoms with E-state index in [1.54, 1.807) is 6.92 Å². The zero-order chi connectivity index (χ0) is 15.8. The van der Waals surface area contributed by atoms with E-state index in [2.05, 4.69) is 10.6 Å². The van der Waals surface area contributed by atoms with Crippen molar-refractivity contribution in [3.63, 3.8) is 0 Å². The van der Waals surface area contributed by atoms with Crippen LogP contribution in [0.2, 0.25) is 0 Å². The predicted molar refractivity (Wildman–Crippen MR) is 84.7 cm³/mol. The first kappa shape index (κ1) is 16.1. The molecule has 0 radical (unpaired) electrons. The van der Waals surface area contributed by atoms with Crippen LogP contribution in [0, 0.1) is 19.3 Å². The fourth-order valence-corrected chi connectivity index (χ4v) is 2.90. The number of hydrogen-bond donors (Lipinski definition) is 2. The molecule has 0 saturated heterocycles. The molecule has 2 amide bonds. The van der Waals surface area contributed by atoms with Gasteiger partial charge in [-0.05, 0) is 38.3 Å². The molecule has 6 heteroatoms. The van der Waals surface area contributed by atoms with Gasteiger partial charge in [-0.2, -0.15) is 0 Å². The minimum Gasteiger partial charge on any atom is -0.346 e. The molecule has 1 fully saturated rings. The fraction of sp³-hybridized carbons (Fsp3) is 0.467. The normalized spacial score (nSPS) is 22.5. The lowest BCUT2D eigenvalue weighted by Crippen LogP contribution is -2.38. The van der Waals surface area contributed by atoms with Gasteiger partial charge in [0.2, 0.25) is 11.8 Å². The van der Waals surface area contributed by atoms with Crippen LogP contribution in [0.4, 0.5) is 5.69 Å². The lowest BCUT2D eigenvalue weighted by Gasteiger charge is -2.14. The maximum Gasteiger partial charge on any atom is 0.243 e. The number of anilines is 1. The molecule has 1 atom stereocenters. The smallest absolute Gasteiger partial charge is 0.243 e. The third-order valence-electron chi connectivity index (χ3n) is 3.91. The first-order chi connectivity index (χ1) is 9.67. The molecule has 2 N–H and O–H groups in total. The summed E-state index contributed by atoms with van der Waals surface area (Å²) in [5.74, 6) is -0.580. The Labute approximate surface area is 134 Å². The van der Waals surface area contributed by atoms with Gasteiger partial charge in [-0.25, -0.2) is 0 Å². The van der Waals surface area contributed by atoms with Gasteiger partial charge in [-0.3, -0.25) is 9.59 Å². The van der Waals surface area contributed by atoms with Crippen LogP contribution in [0.5, 0.6) is 0 Å². The van der Waals surface area contributed by atoms with Gasteiger partial charge in [-0.1, -0.05) is 18.2 Å². The maximum absolute atomic E-state index is 12.0. The van der Waals surface area contributed by atoms with Crippen molar-refractivity contribution in [2.45, 2.75) is 31.5 Å². The number of carbonyl (C=O) groups excluding carboxylic acids is 2. The van der Waals surface area contributed by atoms with Crippen molar-refractivity contribution < 1.29 is 9.59 Å². The van der Waals surface area contributed by atoms with E-state index in [1.807, 2.05) is 32.0 Å². The lowest BCUT2D eigenvalue weighted by molar-refractivity contribution is -0.127. The predicted octanol–water partition coefficient (Wildman–Crippen LogP) is 2.94. The standard InChI is InChI=1S/C15H18Cl2N2O2/c1-9-5-4-6-10(2)12(9)19-11(20)7-18-13(21)14(3)8-15(14,16)17/h4-6H,7-8H2,1-3H3,(H,18,21)(H,19,20)/t14-/m0/s1. The summed E-state index contributed by atoms with van der Waals surface area (Å²) in [5, 5.41) is 5.39. The number of rotatable bonds is 4. The van der Waals surface area contributed by atoms with Crippen LogP contribution in [-0.4, -0.2) is 22.7 Å². The first-order valence-electron chi connectivity index (χ1n) is 6.69. The Morgan fingerprint density at radius 3 is 2.24 bits per heavy atom. The fourth-order valence-electron chi connectivity index (χ4n) is 2.20. The van der Waals surface area contributed by atoms with Gasteiger partial charge < -0.3 is 10.6 Å². The molecule has 2 rings (SSSR count). The third kappa shape index (κ3) is 3.16. The summed E-state index contributed by atoms with van der Waals surface area (Å²) < 4.78 is -1.03. The number of carbonyl (C=O) groups is 2. The van der Waals surface area contributed by atoms with Gasteiger partial charge in [-0.15, -0.1) is 23.2 Å². The molecule has 0 aliphatic heterocycles. The van der Waals surface area contributed by atoms with E-state index in [9.17, 15) is 9.59 Å². The summed E-state index contributed by atoms with van der Waals surface area (Å²) in [5.41, 5.74) is 1.92. The van der Waals surface area contributed by atoms with E-state index in [0.717, 1.165) is 16.8 Å². The molecule has 1 saturated carbocycles. The average Bonchev–Trinajstić information content (AvgIpc) is 2.91. The first-order valence-corrected chi connectivity index (χ1v) is 7.45. The molecule has 1 aliphatic carbocycles. The summed E-state index contributed by atoms with van der Waals surface area (Å²) in [6, 6.07) is 5.76. The number of benzene rings is 1.